The van der Waals surface area contributed by atoms with Gasteiger partial charge < -0.3 is 24.7 Å². The summed E-state index contributed by atoms with van der Waals surface area (Å²) in [6.45, 7) is 0. The fourth-order valence-corrected chi connectivity index (χ4v) is 1.73. The maximum Gasteiger partial charge on any atom is 0.203 e. The van der Waals surface area contributed by atoms with Gasteiger partial charge in [0, 0.05) is 24.4 Å². The third-order valence-corrected chi connectivity index (χ3v) is 2.68. The Balaban J connectivity index is 2.40. The van der Waals surface area contributed by atoms with Crippen LogP contribution in [-0.2, 0) is 0 Å². The zero-order valence-electron chi connectivity index (χ0n) is 11.5. The molecule has 1 heterocycles. The van der Waals surface area contributed by atoms with Gasteiger partial charge in [-0.25, -0.2) is 0 Å². The molecule has 6 heteroatoms. The van der Waals surface area contributed by atoms with Crippen LogP contribution in [0.4, 0.5) is 5.69 Å². The molecule has 6 nitrogen and oxygen atoms in total. The Bertz CT molecular complexity index is 576. The molecule has 0 aliphatic rings. The summed E-state index contributed by atoms with van der Waals surface area (Å²) in [5.74, 6) is 2.56. The fraction of sp³-hybridized carbons (Fsp3) is 0.214. The minimum atomic E-state index is 0.446. The number of pyridine rings is 1. The van der Waals surface area contributed by atoms with Gasteiger partial charge in [-0.15, -0.1) is 0 Å². The lowest BCUT2D eigenvalue weighted by atomic mass is 10.2. The van der Waals surface area contributed by atoms with Gasteiger partial charge in [-0.3, -0.25) is 4.98 Å². The Morgan fingerprint density at radius 2 is 1.60 bits per heavy atom. The van der Waals surface area contributed by atoms with E-state index in [2.05, 4.69) is 4.98 Å². The van der Waals surface area contributed by atoms with Crippen molar-refractivity contribution in [3.63, 3.8) is 0 Å². The predicted molar refractivity (Wildman–Crippen MR) is 74.8 cm³/mol. The molecule has 2 rings (SSSR count). The van der Waals surface area contributed by atoms with E-state index < -0.39 is 0 Å². The van der Waals surface area contributed by atoms with Crippen LogP contribution < -0.4 is 24.7 Å². The third-order valence-electron chi connectivity index (χ3n) is 2.68. The fourth-order valence-electron chi connectivity index (χ4n) is 1.73. The molecule has 0 fully saturated rings. The topological polar surface area (TPSA) is 75.8 Å². The summed E-state index contributed by atoms with van der Waals surface area (Å²) in [6.07, 6.45) is 3.12. The van der Waals surface area contributed by atoms with Crippen molar-refractivity contribution in [2.24, 2.45) is 0 Å². The standard InChI is InChI=1S/C14H16N2O4/c1-17-12-6-9(7-13(18-2)14(12)19-3)20-11-4-5-16-8-10(11)15/h4-8H,15H2,1-3H3. The number of benzene rings is 1. The largest absolute Gasteiger partial charge is 0.493 e. The molecule has 2 aromatic rings. The molecule has 0 aliphatic carbocycles. The van der Waals surface area contributed by atoms with E-state index in [0.717, 1.165) is 0 Å². The summed E-state index contributed by atoms with van der Waals surface area (Å²) in [7, 11) is 4.63. The average molecular weight is 276 g/mol. The maximum atomic E-state index is 5.79. The van der Waals surface area contributed by atoms with Crippen molar-refractivity contribution in [2.75, 3.05) is 27.1 Å². The van der Waals surface area contributed by atoms with Crippen molar-refractivity contribution >= 4 is 5.69 Å². The van der Waals surface area contributed by atoms with E-state index in [1.54, 1.807) is 45.7 Å². The molecule has 0 amide bonds. The van der Waals surface area contributed by atoms with Gasteiger partial charge in [0.15, 0.2) is 17.2 Å². The zero-order chi connectivity index (χ0) is 14.5. The molecule has 0 atom stereocenters. The molecule has 0 aliphatic heterocycles. The lowest BCUT2D eigenvalue weighted by molar-refractivity contribution is 0.321. The highest BCUT2D eigenvalue weighted by atomic mass is 16.5. The van der Waals surface area contributed by atoms with Gasteiger partial charge in [0.2, 0.25) is 5.75 Å². The van der Waals surface area contributed by atoms with E-state index in [1.165, 1.54) is 6.20 Å². The predicted octanol–water partition coefficient (Wildman–Crippen LogP) is 2.48. The van der Waals surface area contributed by atoms with Gasteiger partial charge in [-0.05, 0) is 0 Å². The highest BCUT2D eigenvalue weighted by molar-refractivity contribution is 5.58. The normalized spacial score (nSPS) is 9.95. The van der Waals surface area contributed by atoms with Crippen LogP contribution in [0.2, 0.25) is 0 Å². The van der Waals surface area contributed by atoms with Crippen LogP contribution in [0.3, 0.4) is 0 Å². The summed E-state index contributed by atoms with van der Waals surface area (Å²) in [5, 5.41) is 0. The monoisotopic (exact) mass is 276 g/mol. The molecule has 0 radical (unpaired) electrons. The molecular formula is C14H16N2O4. The van der Waals surface area contributed by atoms with Gasteiger partial charge in [-0.2, -0.15) is 0 Å². The van der Waals surface area contributed by atoms with E-state index in [-0.39, 0.29) is 0 Å². The van der Waals surface area contributed by atoms with Crippen LogP contribution >= 0.6 is 0 Å². The van der Waals surface area contributed by atoms with E-state index in [9.17, 15) is 0 Å². The number of ether oxygens (including phenoxy) is 4. The lowest BCUT2D eigenvalue weighted by Gasteiger charge is -2.15. The number of hydrogen-bond donors (Lipinski definition) is 1. The van der Waals surface area contributed by atoms with Crippen LogP contribution in [0.15, 0.2) is 30.6 Å². The average Bonchev–Trinajstić information content (AvgIpc) is 2.48. The summed E-state index contributed by atoms with van der Waals surface area (Å²) < 4.78 is 21.5. The molecule has 0 unspecified atom stereocenters. The molecule has 0 saturated heterocycles. The minimum Gasteiger partial charge on any atom is -0.493 e. The molecule has 1 aromatic carbocycles. The number of aromatic nitrogens is 1. The first-order valence-electron chi connectivity index (χ1n) is 5.87. The van der Waals surface area contributed by atoms with Crippen LogP contribution in [0.5, 0.6) is 28.7 Å². The van der Waals surface area contributed by atoms with Crippen molar-refractivity contribution in [1.29, 1.82) is 0 Å². The molecule has 0 saturated carbocycles. The second kappa shape index (κ2) is 6.01. The number of methoxy groups -OCH3 is 3. The zero-order valence-corrected chi connectivity index (χ0v) is 11.5. The van der Waals surface area contributed by atoms with Gasteiger partial charge in [0.05, 0.1) is 33.2 Å². The molecule has 0 bridgehead atoms. The molecule has 2 N–H and O–H groups in total. The smallest absolute Gasteiger partial charge is 0.203 e. The Kier molecular flexibility index (Phi) is 4.14. The minimum absolute atomic E-state index is 0.446. The van der Waals surface area contributed by atoms with Crippen molar-refractivity contribution in [2.45, 2.75) is 0 Å². The number of nitrogen functional groups attached to an aromatic ring is 1. The van der Waals surface area contributed by atoms with Crippen LogP contribution in [-0.4, -0.2) is 26.3 Å². The third kappa shape index (κ3) is 2.69. The molecule has 106 valence electrons. The van der Waals surface area contributed by atoms with Gasteiger partial charge in [0.25, 0.3) is 0 Å². The second-order valence-corrected chi connectivity index (χ2v) is 3.88. The number of rotatable bonds is 5. The van der Waals surface area contributed by atoms with Crippen LogP contribution in [0.25, 0.3) is 0 Å². The number of hydrogen-bond acceptors (Lipinski definition) is 6. The Hall–Kier alpha value is -2.63. The van der Waals surface area contributed by atoms with Gasteiger partial charge in [0.1, 0.15) is 5.75 Å². The summed E-state index contributed by atoms with van der Waals surface area (Å²) in [6, 6.07) is 5.07. The van der Waals surface area contributed by atoms with E-state index in [4.69, 9.17) is 24.7 Å². The van der Waals surface area contributed by atoms with Crippen molar-refractivity contribution < 1.29 is 18.9 Å². The van der Waals surface area contributed by atoms with Crippen molar-refractivity contribution in [3.05, 3.63) is 30.6 Å². The maximum absolute atomic E-state index is 5.79. The molecule has 1 aromatic heterocycles. The van der Waals surface area contributed by atoms with Crippen LogP contribution in [0, 0.1) is 0 Å². The van der Waals surface area contributed by atoms with Crippen molar-refractivity contribution in [1.82, 2.24) is 4.98 Å². The summed E-state index contributed by atoms with van der Waals surface area (Å²) in [4.78, 5) is 3.91. The van der Waals surface area contributed by atoms with E-state index >= 15 is 0 Å². The lowest BCUT2D eigenvalue weighted by Crippen LogP contribution is -1.97. The SMILES string of the molecule is COc1cc(Oc2ccncc2N)cc(OC)c1OC. The first-order valence-corrected chi connectivity index (χ1v) is 5.87. The Morgan fingerprint density at radius 3 is 2.10 bits per heavy atom. The van der Waals surface area contributed by atoms with E-state index in [1.807, 2.05) is 0 Å². The highest BCUT2D eigenvalue weighted by Crippen LogP contribution is 2.42. The highest BCUT2D eigenvalue weighted by Gasteiger charge is 2.14. The van der Waals surface area contributed by atoms with Gasteiger partial charge in [-0.1, -0.05) is 0 Å². The second-order valence-electron chi connectivity index (χ2n) is 3.88. The number of nitrogens with two attached hydrogens (primary N) is 1. The first-order chi connectivity index (χ1) is 9.69. The Labute approximate surface area is 117 Å². The van der Waals surface area contributed by atoms with Crippen molar-refractivity contribution in [3.8, 4) is 28.7 Å². The number of nitrogens with zero attached hydrogens (tertiary/aromatic N) is 1. The van der Waals surface area contributed by atoms with E-state index in [0.29, 0.717) is 34.4 Å². The molecular weight excluding hydrogens is 260 g/mol. The summed E-state index contributed by atoms with van der Waals surface area (Å²) in [5.41, 5.74) is 6.24. The number of anilines is 1. The molecule has 20 heavy (non-hydrogen) atoms. The van der Waals surface area contributed by atoms with Gasteiger partial charge >= 0.3 is 0 Å². The summed E-state index contributed by atoms with van der Waals surface area (Å²) >= 11 is 0. The first kappa shape index (κ1) is 13.8. The molecule has 0 spiro atoms. The Morgan fingerprint density at radius 1 is 0.950 bits per heavy atom. The quantitative estimate of drug-likeness (QED) is 0.904. The van der Waals surface area contributed by atoms with Crippen LogP contribution in [0.1, 0.15) is 0 Å².